The molecule has 2 rings (SSSR count). The van der Waals surface area contributed by atoms with Crippen LogP contribution in [0.5, 0.6) is 0 Å². The number of rotatable bonds is 3. The predicted molar refractivity (Wildman–Crippen MR) is 45.1 cm³/mol. The first-order valence-electron chi connectivity index (χ1n) is 4.36. The van der Waals surface area contributed by atoms with E-state index in [1.54, 1.807) is 0 Å². The molecule has 0 aromatic rings. The molecule has 2 aliphatic rings. The summed E-state index contributed by atoms with van der Waals surface area (Å²) < 4.78 is 0. The third kappa shape index (κ3) is 1.30. The second-order valence-electron chi connectivity index (χ2n) is 3.48. The summed E-state index contributed by atoms with van der Waals surface area (Å²) in [6.07, 6.45) is 2.92. The van der Waals surface area contributed by atoms with Crippen molar-refractivity contribution in [1.29, 1.82) is 0 Å². The van der Waals surface area contributed by atoms with Gasteiger partial charge in [0.2, 0.25) is 11.8 Å². The Bertz CT molecular complexity index is 327. The number of carboxylic acids is 1. The monoisotopic (exact) mass is 195 g/mol. The average Bonchev–Trinajstić information content (AvgIpc) is 2.84. The fourth-order valence-electron chi connectivity index (χ4n) is 1.69. The summed E-state index contributed by atoms with van der Waals surface area (Å²) in [7, 11) is 0. The number of aliphatic carboxylic acids is 1. The molecule has 1 N–H and O–H groups in total. The van der Waals surface area contributed by atoms with Crippen LogP contribution in [0.15, 0.2) is 12.2 Å². The smallest absolute Gasteiger partial charge is 0.328 e. The van der Waals surface area contributed by atoms with Crippen LogP contribution in [0.25, 0.3) is 0 Å². The van der Waals surface area contributed by atoms with E-state index in [0.29, 0.717) is 6.42 Å². The number of nitrogens with zero attached hydrogens (tertiary/aromatic N) is 1. The van der Waals surface area contributed by atoms with E-state index >= 15 is 0 Å². The average molecular weight is 195 g/mol. The largest absolute Gasteiger partial charge is 0.478 e. The second kappa shape index (κ2) is 2.94. The zero-order chi connectivity index (χ0) is 10.3. The van der Waals surface area contributed by atoms with Gasteiger partial charge in [-0.05, 0) is 6.42 Å². The van der Waals surface area contributed by atoms with Gasteiger partial charge >= 0.3 is 5.97 Å². The van der Waals surface area contributed by atoms with E-state index in [1.807, 2.05) is 0 Å². The first-order valence-corrected chi connectivity index (χ1v) is 4.36. The molecule has 1 heterocycles. The Morgan fingerprint density at radius 2 is 2.00 bits per heavy atom. The molecule has 74 valence electrons. The van der Waals surface area contributed by atoms with Crippen molar-refractivity contribution in [2.75, 3.05) is 6.54 Å². The molecule has 1 saturated carbocycles. The molecular weight excluding hydrogens is 186 g/mol. The lowest BCUT2D eigenvalue weighted by Crippen LogP contribution is -2.33. The van der Waals surface area contributed by atoms with Gasteiger partial charge in [0.15, 0.2) is 0 Å². The fraction of sp³-hybridized carbons (Fsp3) is 0.444. The Labute approximate surface area is 80.0 Å². The molecular formula is C9H9NO4. The summed E-state index contributed by atoms with van der Waals surface area (Å²) in [4.78, 5) is 34.0. The van der Waals surface area contributed by atoms with Crippen LogP contribution >= 0.6 is 0 Å². The minimum absolute atomic E-state index is 0.0803. The molecule has 0 radical (unpaired) electrons. The van der Waals surface area contributed by atoms with Gasteiger partial charge in [-0.25, -0.2) is 4.79 Å². The van der Waals surface area contributed by atoms with Crippen LogP contribution in [0.3, 0.4) is 0 Å². The van der Waals surface area contributed by atoms with E-state index in [2.05, 4.69) is 0 Å². The van der Waals surface area contributed by atoms with Gasteiger partial charge in [0.25, 0.3) is 0 Å². The summed E-state index contributed by atoms with van der Waals surface area (Å²) in [5, 5.41) is 8.30. The van der Waals surface area contributed by atoms with E-state index in [4.69, 9.17) is 5.11 Å². The van der Waals surface area contributed by atoms with Crippen LogP contribution < -0.4 is 0 Å². The highest BCUT2D eigenvalue weighted by Crippen LogP contribution is 2.46. The molecule has 2 fully saturated rings. The van der Waals surface area contributed by atoms with Crippen molar-refractivity contribution in [3.05, 3.63) is 12.2 Å². The molecule has 1 aliphatic heterocycles. The van der Waals surface area contributed by atoms with Gasteiger partial charge in [-0.3, -0.25) is 14.5 Å². The molecule has 5 nitrogen and oxygen atoms in total. The van der Waals surface area contributed by atoms with Crippen LogP contribution in [0.1, 0.15) is 6.42 Å². The van der Waals surface area contributed by atoms with Crippen molar-refractivity contribution in [3.63, 3.8) is 0 Å². The van der Waals surface area contributed by atoms with Crippen molar-refractivity contribution >= 4 is 17.8 Å². The Morgan fingerprint density at radius 3 is 2.50 bits per heavy atom. The van der Waals surface area contributed by atoms with Crippen LogP contribution in [0.2, 0.25) is 0 Å². The zero-order valence-electron chi connectivity index (χ0n) is 7.34. The minimum Gasteiger partial charge on any atom is -0.478 e. The highest BCUT2D eigenvalue weighted by Gasteiger charge is 2.58. The van der Waals surface area contributed by atoms with Crippen LogP contribution in [0, 0.1) is 11.8 Å². The molecule has 1 saturated heterocycles. The van der Waals surface area contributed by atoms with Gasteiger partial charge in [0, 0.05) is 12.6 Å². The van der Waals surface area contributed by atoms with E-state index in [0.717, 1.165) is 11.0 Å². The molecule has 0 aromatic carbocycles. The highest BCUT2D eigenvalue weighted by molar-refractivity contribution is 6.09. The number of hydrogen-bond donors (Lipinski definition) is 1. The van der Waals surface area contributed by atoms with E-state index in [-0.39, 0.29) is 30.2 Å². The number of likely N-dealkylation sites (tertiary alicyclic amines) is 1. The summed E-state index contributed by atoms with van der Waals surface area (Å²) in [6.45, 7) is 0.0803. The second-order valence-corrected chi connectivity index (χ2v) is 3.48. The number of amides is 2. The van der Waals surface area contributed by atoms with E-state index in [1.165, 1.54) is 6.08 Å². The summed E-state index contributed by atoms with van der Waals surface area (Å²) >= 11 is 0. The number of hydrogen-bond acceptors (Lipinski definition) is 3. The lowest BCUT2D eigenvalue weighted by atomic mass is 10.4. The van der Waals surface area contributed by atoms with Gasteiger partial charge < -0.3 is 5.11 Å². The maximum Gasteiger partial charge on any atom is 0.328 e. The molecule has 2 unspecified atom stereocenters. The molecule has 5 heteroatoms. The van der Waals surface area contributed by atoms with E-state index < -0.39 is 5.97 Å². The van der Waals surface area contributed by atoms with Crippen molar-refractivity contribution in [2.45, 2.75) is 6.42 Å². The van der Waals surface area contributed by atoms with Gasteiger partial charge in [0.1, 0.15) is 0 Å². The van der Waals surface area contributed by atoms with Crippen molar-refractivity contribution in [2.24, 2.45) is 11.8 Å². The zero-order valence-corrected chi connectivity index (χ0v) is 7.34. The molecule has 0 aromatic heterocycles. The van der Waals surface area contributed by atoms with Crippen molar-refractivity contribution < 1.29 is 19.5 Å². The normalized spacial score (nSPS) is 29.9. The number of piperidine rings is 1. The quantitative estimate of drug-likeness (QED) is 0.492. The molecule has 2 atom stereocenters. The summed E-state index contributed by atoms with van der Waals surface area (Å²) in [5.74, 6) is -1.61. The maximum atomic E-state index is 11.4. The summed E-state index contributed by atoms with van der Waals surface area (Å²) in [5.41, 5.74) is 0. The fourth-order valence-corrected chi connectivity index (χ4v) is 1.69. The maximum absolute atomic E-state index is 11.4. The van der Waals surface area contributed by atoms with Gasteiger partial charge in [-0.15, -0.1) is 0 Å². The number of carboxylic acid groups (broad SMARTS) is 1. The van der Waals surface area contributed by atoms with E-state index in [9.17, 15) is 14.4 Å². The predicted octanol–water partition coefficient (Wildman–Crippen LogP) is -0.368. The Balaban J connectivity index is 1.96. The number of imide groups is 1. The third-order valence-electron chi connectivity index (χ3n) is 2.51. The lowest BCUT2D eigenvalue weighted by molar-refractivity contribution is -0.140. The first-order chi connectivity index (χ1) is 6.61. The van der Waals surface area contributed by atoms with Crippen LogP contribution in [-0.2, 0) is 14.4 Å². The lowest BCUT2D eigenvalue weighted by Gasteiger charge is -2.12. The molecule has 0 bridgehead atoms. The van der Waals surface area contributed by atoms with Gasteiger partial charge in [-0.1, -0.05) is 6.08 Å². The summed E-state index contributed by atoms with van der Waals surface area (Å²) in [6, 6.07) is 0. The van der Waals surface area contributed by atoms with Crippen LogP contribution in [0.4, 0.5) is 0 Å². The van der Waals surface area contributed by atoms with Crippen molar-refractivity contribution in [3.8, 4) is 0 Å². The topological polar surface area (TPSA) is 74.7 Å². The molecule has 14 heavy (non-hydrogen) atoms. The number of fused-ring (bicyclic) bond motifs is 1. The number of carbonyl (C=O) groups excluding carboxylic acids is 2. The minimum atomic E-state index is -1.07. The van der Waals surface area contributed by atoms with Crippen LogP contribution in [-0.4, -0.2) is 34.3 Å². The number of carbonyl (C=O) groups is 3. The van der Waals surface area contributed by atoms with Gasteiger partial charge in [0.05, 0.1) is 11.8 Å². The standard InChI is InChI=1S/C9H9NO4/c11-7(12)2-1-3-10-8(13)5-4-6(5)9(10)14/h1-2,5-6H,3-4H2,(H,11,12)/b2-1+. The molecule has 1 aliphatic carbocycles. The Morgan fingerprint density at radius 1 is 1.43 bits per heavy atom. The Kier molecular flexibility index (Phi) is 1.87. The van der Waals surface area contributed by atoms with Gasteiger partial charge in [-0.2, -0.15) is 0 Å². The molecule has 2 amide bonds. The SMILES string of the molecule is O=C(O)/C=C/CN1C(=O)C2CC2C1=O. The third-order valence-corrected chi connectivity index (χ3v) is 2.51. The highest BCUT2D eigenvalue weighted by atomic mass is 16.4. The van der Waals surface area contributed by atoms with Crippen molar-refractivity contribution in [1.82, 2.24) is 4.90 Å². The molecule has 0 spiro atoms. The first kappa shape index (κ1) is 8.93. The Hall–Kier alpha value is -1.65.